The van der Waals surface area contributed by atoms with Crippen molar-refractivity contribution in [2.24, 2.45) is 0 Å². The van der Waals surface area contributed by atoms with Crippen molar-refractivity contribution in [1.29, 1.82) is 0 Å². The van der Waals surface area contributed by atoms with Crippen LogP contribution in [0.3, 0.4) is 0 Å². The number of carbonyl (C=O) groups is 1. The molecule has 4 nitrogen and oxygen atoms in total. The first-order chi connectivity index (χ1) is 12.7. The second-order valence-corrected chi connectivity index (χ2v) is 8.37. The number of fused-ring (bicyclic) bond motifs is 1. The van der Waals surface area contributed by atoms with E-state index in [1.807, 2.05) is 0 Å². The normalized spacial score (nSPS) is 12.4. The maximum absolute atomic E-state index is 13.9. The van der Waals surface area contributed by atoms with E-state index in [1.54, 1.807) is 6.07 Å². The third-order valence-electron chi connectivity index (χ3n) is 3.90. The van der Waals surface area contributed by atoms with Crippen LogP contribution in [0.4, 0.5) is 8.78 Å². The maximum Gasteiger partial charge on any atom is 0.238 e. The summed E-state index contributed by atoms with van der Waals surface area (Å²) in [7, 11) is 0. The van der Waals surface area contributed by atoms with Gasteiger partial charge in [0.25, 0.3) is 0 Å². The lowest BCUT2D eigenvalue weighted by Gasteiger charge is -2.15. The fraction of sp³-hybridized carbons (Fsp3) is 0.111. The quantitative estimate of drug-likeness (QED) is 0.439. The van der Waals surface area contributed by atoms with Gasteiger partial charge < -0.3 is 9.54 Å². The van der Waals surface area contributed by atoms with Gasteiger partial charge >= 0.3 is 0 Å². The molecule has 0 saturated carbocycles. The molecule has 1 unspecified atom stereocenters. The lowest BCUT2D eigenvalue weighted by molar-refractivity contribution is 0.101. The van der Waals surface area contributed by atoms with Crippen LogP contribution in [0.2, 0.25) is 5.02 Å². The Balaban J connectivity index is 2.20. The number of carbonyl (C=O) groups excluding carboxylic acids is 1. The molecule has 140 valence electrons. The van der Waals surface area contributed by atoms with E-state index in [-0.39, 0.29) is 37.8 Å². The number of pyridine rings is 1. The van der Waals surface area contributed by atoms with Crippen molar-refractivity contribution in [2.75, 3.05) is 0 Å². The molecule has 0 bridgehead atoms. The molecule has 27 heavy (non-hydrogen) atoms. The molecule has 0 saturated heterocycles. The molecular formula is C18H11BrClF2NO3S. The van der Waals surface area contributed by atoms with Crippen LogP contribution in [0, 0.1) is 11.6 Å². The second-order valence-electron chi connectivity index (χ2n) is 5.72. The monoisotopic (exact) mass is 473 g/mol. The zero-order valence-electron chi connectivity index (χ0n) is 13.7. The van der Waals surface area contributed by atoms with E-state index in [0.717, 1.165) is 6.07 Å². The number of hydrogen-bond donors (Lipinski definition) is 1. The largest absolute Gasteiger partial charge is 0.610 e. The highest BCUT2D eigenvalue weighted by molar-refractivity contribution is 9.10. The summed E-state index contributed by atoms with van der Waals surface area (Å²) in [6.07, 6.45) is 0. The first-order valence-corrected chi connectivity index (χ1v) is 10.1. The predicted octanol–water partition coefficient (Wildman–Crippen LogP) is 4.73. The third-order valence-corrected chi connectivity index (χ3v) is 6.22. The molecule has 3 rings (SSSR count). The Kier molecular flexibility index (Phi) is 5.71. The average Bonchev–Trinajstić information content (AvgIpc) is 2.59. The molecule has 0 aliphatic carbocycles. The first kappa shape index (κ1) is 20.0. The van der Waals surface area contributed by atoms with E-state index in [9.17, 15) is 22.9 Å². The molecule has 9 heteroatoms. The van der Waals surface area contributed by atoms with Gasteiger partial charge in [-0.25, -0.2) is 8.78 Å². The molecule has 1 aromatic heterocycles. The summed E-state index contributed by atoms with van der Waals surface area (Å²) in [6, 6.07) is 5.99. The summed E-state index contributed by atoms with van der Waals surface area (Å²) in [5, 5.41) is 0.0931. The number of aromatic nitrogens is 1. The third kappa shape index (κ3) is 3.80. The van der Waals surface area contributed by atoms with Gasteiger partial charge in [0.15, 0.2) is 5.78 Å². The lowest BCUT2D eigenvalue weighted by atomic mass is 10.1. The van der Waals surface area contributed by atoms with Crippen molar-refractivity contribution in [3.05, 3.63) is 72.8 Å². The summed E-state index contributed by atoms with van der Waals surface area (Å²) < 4.78 is 40.3. The SMILES string of the molecule is CC(=O)c1c([S+]([O-])Cc2ccc(F)cc2F)[nH]c2c(Br)ccc(Cl)c2c1=O. The van der Waals surface area contributed by atoms with Crippen molar-refractivity contribution in [3.8, 4) is 0 Å². The molecule has 0 aliphatic heterocycles. The van der Waals surface area contributed by atoms with Crippen molar-refractivity contribution in [2.45, 2.75) is 17.7 Å². The van der Waals surface area contributed by atoms with Crippen LogP contribution in [0.1, 0.15) is 22.8 Å². The molecule has 0 radical (unpaired) electrons. The standard InChI is InChI=1S/C18H11BrClF2NO3S/c1-8(24)14-17(25)15-12(20)5-4-11(19)16(15)23-18(14)27(26)7-9-2-3-10(21)6-13(9)22/h2-6H,7H2,1H3,(H,23,25). The molecule has 1 N–H and O–H groups in total. The molecule has 2 aromatic carbocycles. The van der Waals surface area contributed by atoms with Crippen LogP contribution >= 0.6 is 27.5 Å². The van der Waals surface area contributed by atoms with E-state index in [0.29, 0.717) is 10.5 Å². The predicted molar refractivity (Wildman–Crippen MR) is 104 cm³/mol. The molecule has 0 spiro atoms. The zero-order chi connectivity index (χ0) is 19.9. The topological polar surface area (TPSA) is 73.0 Å². The van der Waals surface area contributed by atoms with Crippen LogP contribution in [0.15, 0.2) is 44.6 Å². The van der Waals surface area contributed by atoms with Gasteiger partial charge in [0, 0.05) is 27.3 Å². The summed E-state index contributed by atoms with van der Waals surface area (Å²) in [5.41, 5.74) is -0.690. The number of rotatable bonds is 4. The smallest absolute Gasteiger partial charge is 0.238 e. The molecule has 0 fully saturated rings. The number of halogens is 4. The molecule has 0 aliphatic rings. The Morgan fingerprint density at radius 1 is 1.30 bits per heavy atom. The Morgan fingerprint density at radius 3 is 2.63 bits per heavy atom. The van der Waals surface area contributed by atoms with E-state index in [2.05, 4.69) is 20.9 Å². The summed E-state index contributed by atoms with van der Waals surface area (Å²) in [5.74, 6) is -2.56. The van der Waals surface area contributed by atoms with Gasteiger partial charge in [0.05, 0.1) is 15.9 Å². The van der Waals surface area contributed by atoms with E-state index < -0.39 is 34.0 Å². The van der Waals surface area contributed by atoms with Crippen LogP contribution in [-0.2, 0) is 16.9 Å². The van der Waals surface area contributed by atoms with E-state index in [1.165, 1.54) is 19.1 Å². The zero-order valence-corrected chi connectivity index (χ0v) is 16.9. The number of H-pyrrole nitrogens is 1. The van der Waals surface area contributed by atoms with Crippen molar-refractivity contribution in [3.63, 3.8) is 0 Å². The van der Waals surface area contributed by atoms with Gasteiger partial charge in [-0.05, 0) is 47.1 Å². The maximum atomic E-state index is 13.9. The van der Waals surface area contributed by atoms with Gasteiger partial charge in [0.1, 0.15) is 23.0 Å². The summed E-state index contributed by atoms with van der Waals surface area (Å²) in [4.78, 5) is 27.7. The first-order valence-electron chi connectivity index (χ1n) is 7.58. The number of benzene rings is 2. The Morgan fingerprint density at radius 2 is 2.00 bits per heavy atom. The summed E-state index contributed by atoms with van der Waals surface area (Å²) >= 11 is 7.41. The van der Waals surface area contributed by atoms with Crippen molar-refractivity contribution >= 4 is 55.4 Å². The number of ketones is 1. The molecule has 3 aromatic rings. The van der Waals surface area contributed by atoms with E-state index in [4.69, 9.17) is 11.6 Å². The molecule has 0 amide bonds. The van der Waals surface area contributed by atoms with Crippen molar-refractivity contribution in [1.82, 2.24) is 4.98 Å². The minimum absolute atomic E-state index is 0.00431. The van der Waals surface area contributed by atoms with Gasteiger partial charge in [-0.2, -0.15) is 0 Å². The Labute approximate surface area is 168 Å². The lowest BCUT2D eigenvalue weighted by Crippen LogP contribution is -2.22. The summed E-state index contributed by atoms with van der Waals surface area (Å²) in [6.45, 7) is 1.17. The highest BCUT2D eigenvalue weighted by Gasteiger charge is 2.27. The van der Waals surface area contributed by atoms with Gasteiger partial charge in [-0.15, -0.1) is 0 Å². The fourth-order valence-corrected chi connectivity index (χ4v) is 4.66. The second kappa shape index (κ2) is 7.71. The molecule has 1 heterocycles. The number of aromatic amines is 1. The highest BCUT2D eigenvalue weighted by atomic mass is 79.9. The number of nitrogens with one attached hydrogen (secondary N) is 1. The Hall–Kier alpha value is -1.74. The van der Waals surface area contributed by atoms with Crippen LogP contribution in [-0.4, -0.2) is 15.3 Å². The van der Waals surface area contributed by atoms with Crippen LogP contribution in [0.25, 0.3) is 10.9 Å². The Bertz CT molecular complexity index is 1140. The minimum Gasteiger partial charge on any atom is -0.610 e. The van der Waals surface area contributed by atoms with Crippen LogP contribution in [0.5, 0.6) is 0 Å². The van der Waals surface area contributed by atoms with Gasteiger partial charge in [-0.3, -0.25) is 9.59 Å². The van der Waals surface area contributed by atoms with Crippen molar-refractivity contribution < 1.29 is 18.1 Å². The fourth-order valence-electron chi connectivity index (χ4n) is 2.64. The molecule has 1 atom stereocenters. The minimum atomic E-state index is -1.97. The highest BCUT2D eigenvalue weighted by Crippen LogP contribution is 2.29. The van der Waals surface area contributed by atoms with Crippen LogP contribution < -0.4 is 5.43 Å². The molecular weight excluding hydrogens is 464 g/mol. The van der Waals surface area contributed by atoms with Gasteiger partial charge in [0.2, 0.25) is 10.5 Å². The van der Waals surface area contributed by atoms with Gasteiger partial charge in [-0.1, -0.05) is 11.6 Å². The average molecular weight is 475 g/mol. The van der Waals surface area contributed by atoms with E-state index >= 15 is 0 Å². The number of Topliss-reactive ketones (excluding diaryl/α,β-unsaturated/α-hetero) is 1. The number of hydrogen-bond acceptors (Lipinski definition) is 3.